The zero-order chi connectivity index (χ0) is 29.2. The Morgan fingerprint density at radius 2 is 0.795 bits per heavy atom. The molecule has 0 saturated carbocycles. The molecule has 44 heavy (non-hydrogen) atoms. The summed E-state index contributed by atoms with van der Waals surface area (Å²) in [5, 5.41) is 5.27. The first-order valence-electron chi connectivity index (χ1n) is 14.9. The van der Waals surface area contributed by atoms with Crippen LogP contribution in [-0.2, 0) is 42.1 Å². The molecule has 0 fully saturated rings. The Kier molecular flexibility index (Phi) is 10.3. The molecule has 6 aromatic rings. The summed E-state index contributed by atoms with van der Waals surface area (Å²) in [4.78, 5) is 0. The van der Waals surface area contributed by atoms with Crippen molar-refractivity contribution in [1.29, 1.82) is 0 Å². The summed E-state index contributed by atoms with van der Waals surface area (Å²) >= 11 is 0. The van der Waals surface area contributed by atoms with Crippen LogP contribution in [0.2, 0.25) is 0 Å². The fourth-order valence-electron chi connectivity index (χ4n) is 6.16. The first-order chi connectivity index (χ1) is 19.3. The monoisotopic (exact) mass is 744 g/mol. The fraction of sp³-hybridized carbons (Fsp3) is 0.256. The summed E-state index contributed by atoms with van der Waals surface area (Å²) in [6.07, 6.45) is 0. The number of hydrogen-bond donors (Lipinski definition) is 0. The largest absolute Gasteiger partial charge is 4.00 e. The number of hydrogen-bond acceptors (Lipinski definition) is 0. The molecule has 0 saturated heterocycles. The van der Waals surface area contributed by atoms with Crippen LogP contribution in [0.1, 0.15) is 77.6 Å². The van der Waals surface area contributed by atoms with Crippen molar-refractivity contribution in [3.63, 3.8) is 0 Å². The van der Waals surface area contributed by atoms with Gasteiger partial charge in [0.05, 0.1) is 0 Å². The van der Waals surface area contributed by atoms with E-state index in [1.54, 1.807) is 0 Å². The van der Waals surface area contributed by atoms with Gasteiger partial charge in [-0.3, -0.25) is 0 Å². The van der Waals surface area contributed by atoms with Gasteiger partial charge in [-0.2, -0.15) is 12.1 Å². The van der Waals surface area contributed by atoms with E-state index in [4.69, 9.17) is 0 Å². The standard InChI is InChI=1S/C41H42.2CH3.Hf/c1-39(2,3)31-19-15-27(16-20-31)35-13-9-11-29-23-33(25-37(29)35)41(7,8)34-24-30-12-10-14-36(38(30)26-34)28-17-21-32(22-18-28)40(4,5)6;;;/h9-26H,1-8H3;2*1H3;/q-2;2*-1;+4. The second kappa shape index (κ2) is 12.8. The Morgan fingerprint density at radius 3 is 1.11 bits per heavy atom. The van der Waals surface area contributed by atoms with E-state index in [1.807, 2.05) is 0 Å². The molecule has 0 spiro atoms. The van der Waals surface area contributed by atoms with Gasteiger partial charge in [-0.1, -0.05) is 127 Å². The summed E-state index contributed by atoms with van der Waals surface area (Å²) < 4.78 is 0. The second-order valence-electron chi connectivity index (χ2n) is 14.4. The van der Waals surface area contributed by atoms with Gasteiger partial charge in [-0.05, 0) is 38.5 Å². The van der Waals surface area contributed by atoms with Gasteiger partial charge in [0.15, 0.2) is 0 Å². The average Bonchev–Trinajstić information content (AvgIpc) is 3.58. The molecule has 6 aromatic carbocycles. The molecule has 0 heterocycles. The van der Waals surface area contributed by atoms with E-state index >= 15 is 0 Å². The van der Waals surface area contributed by atoms with Crippen LogP contribution in [0.3, 0.4) is 0 Å². The Morgan fingerprint density at radius 1 is 0.455 bits per heavy atom. The Bertz CT molecular complexity index is 1700. The Balaban J connectivity index is 0.00000176. The zero-order valence-corrected chi connectivity index (χ0v) is 32.0. The van der Waals surface area contributed by atoms with Crippen molar-refractivity contribution in [2.75, 3.05) is 0 Å². The van der Waals surface area contributed by atoms with Gasteiger partial charge in [0, 0.05) is 0 Å². The zero-order valence-electron chi connectivity index (χ0n) is 28.4. The summed E-state index contributed by atoms with van der Waals surface area (Å²) in [5.74, 6) is 0. The first-order valence-corrected chi connectivity index (χ1v) is 14.9. The van der Waals surface area contributed by atoms with Crippen molar-refractivity contribution in [1.82, 2.24) is 0 Å². The normalized spacial score (nSPS) is 12.0. The van der Waals surface area contributed by atoms with Crippen LogP contribution in [0, 0.1) is 14.9 Å². The molecule has 1 heteroatoms. The molecule has 0 nitrogen and oxygen atoms in total. The first kappa shape index (κ1) is 35.4. The SMILES string of the molecule is CC(C)(C)c1ccc(-c2cccc3[cH-]c(C(C)(C)c4cc5c(-c6ccc(C(C)(C)C)cc6)cccc5[cH-]4)cc23)cc1.[CH3-].[CH3-].[Hf+4]. The smallest absolute Gasteiger partial charge is 0.358 e. The van der Waals surface area contributed by atoms with Crippen LogP contribution in [0.5, 0.6) is 0 Å². The van der Waals surface area contributed by atoms with E-state index in [0.717, 1.165) is 0 Å². The van der Waals surface area contributed by atoms with E-state index in [1.165, 1.54) is 66.1 Å². The predicted molar refractivity (Wildman–Crippen MR) is 192 cm³/mol. The third kappa shape index (κ3) is 6.50. The van der Waals surface area contributed by atoms with Gasteiger partial charge < -0.3 is 14.9 Å². The summed E-state index contributed by atoms with van der Waals surface area (Å²) in [7, 11) is 0. The van der Waals surface area contributed by atoms with Gasteiger partial charge >= 0.3 is 25.8 Å². The molecule has 0 unspecified atom stereocenters. The van der Waals surface area contributed by atoms with Gasteiger partial charge in [0.25, 0.3) is 0 Å². The maximum atomic E-state index is 2.42. The molecule has 0 aliphatic rings. The molecule has 0 amide bonds. The predicted octanol–water partition coefficient (Wildman–Crippen LogP) is 12.6. The average molecular weight is 743 g/mol. The Hall–Kier alpha value is -3.03. The maximum Gasteiger partial charge on any atom is 4.00 e. The van der Waals surface area contributed by atoms with E-state index in [9.17, 15) is 0 Å². The topological polar surface area (TPSA) is 0 Å². The van der Waals surface area contributed by atoms with Crippen LogP contribution in [-0.4, -0.2) is 0 Å². The number of benzene rings is 4. The minimum Gasteiger partial charge on any atom is -0.358 e. The van der Waals surface area contributed by atoms with E-state index in [-0.39, 0.29) is 56.9 Å². The van der Waals surface area contributed by atoms with Gasteiger partial charge in [-0.15, -0.1) is 69.1 Å². The molecule has 0 aliphatic heterocycles. The van der Waals surface area contributed by atoms with Gasteiger partial charge in [0.1, 0.15) is 0 Å². The molecule has 0 bridgehead atoms. The van der Waals surface area contributed by atoms with Crippen LogP contribution < -0.4 is 0 Å². The summed E-state index contributed by atoms with van der Waals surface area (Å²) in [5.41, 5.74) is 10.8. The molecular formula is C43H48Hf. The number of fused-ring (bicyclic) bond motifs is 2. The fourth-order valence-corrected chi connectivity index (χ4v) is 6.16. The van der Waals surface area contributed by atoms with E-state index < -0.39 is 0 Å². The molecule has 0 radical (unpaired) electrons. The van der Waals surface area contributed by atoms with Crippen molar-refractivity contribution in [3.05, 3.63) is 146 Å². The Labute approximate surface area is 286 Å². The molecule has 0 aromatic heterocycles. The van der Waals surface area contributed by atoms with Crippen LogP contribution in [0.25, 0.3) is 43.8 Å². The van der Waals surface area contributed by atoms with Crippen LogP contribution >= 0.6 is 0 Å². The molecule has 0 aliphatic carbocycles. The quantitative estimate of drug-likeness (QED) is 0.125. The summed E-state index contributed by atoms with van der Waals surface area (Å²) in [6.45, 7) is 18.4. The molecular weight excluding hydrogens is 695 g/mol. The van der Waals surface area contributed by atoms with E-state index in [2.05, 4.69) is 165 Å². The van der Waals surface area contributed by atoms with Crippen LogP contribution in [0.4, 0.5) is 0 Å². The molecule has 0 atom stereocenters. The molecule has 0 N–H and O–H groups in total. The minimum atomic E-state index is -0.126. The third-order valence-electron chi connectivity index (χ3n) is 9.07. The van der Waals surface area contributed by atoms with Crippen molar-refractivity contribution >= 4 is 21.5 Å². The minimum absolute atomic E-state index is 0. The van der Waals surface area contributed by atoms with Crippen molar-refractivity contribution < 1.29 is 25.8 Å². The van der Waals surface area contributed by atoms with Crippen molar-refractivity contribution in [3.8, 4) is 22.3 Å². The third-order valence-corrected chi connectivity index (χ3v) is 9.07. The van der Waals surface area contributed by atoms with Crippen molar-refractivity contribution in [2.45, 2.75) is 71.6 Å². The van der Waals surface area contributed by atoms with E-state index in [0.29, 0.717) is 0 Å². The van der Waals surface area contributed by atoms with Gasteiger partial charge in [0.2, 0.25) is 0 Å². The number of rotatable bonds is 4. The second-order valence-corrected chi connectivity index (χ2v) is 14.4. The van der Waals surface area contributed by atoms with Crippen molar-refractivity contribution in [2.24, 2.45) is 0 Å². The van der Waals surface area contributed by atoms with Gasteiger partial charge in [-0.25, -0.2) is 0 Å². The maximum absolute atomic E-state index is 2.42. The summed E-state index contributed by atoms with van der Waals surface area (Å²) in [6, 6.07) is 41.3. The van der Waals surface area contributed by atoms with Crippen LogP contribution in [0.15, 0.2) is 109 Å². The molecule has 224 valence electrons. The molecule has 6 rings (SSSR count).